The Kier molecular flexibility index (Phi) is 5.04. The van der Waals surface area contributed by atoms with Gasteiger partial charge in [0.25, 0.3) is 5.22 Å². The van der Waals surface area contributed by atoms with Gasteiger partial charge in [0.05, 0.1) is 5.75 Å². The van der Waals surface area contributed by atoms with Gasteiger partial charge in [0.2, 0.25) is 5.89 Å². The zero-order valence-electron chi connectivity index (χ0n) is 14.8. The maximum atomic E-state index is 12.5. The van der Waals surface area contributed by atoms with E-state index in [1.807, 2.05) is 51.1 Å². The van der Waals surface area contributed by atoms with Crippen molar-refractivity contribution in [2.45, 2.75) is 32.9 Å². The Morgan fingerprint density at radius 2 is 1.68 bits per heavy atom. The Balaban J connectivity index is 1.72. The van der Waals surface area contributed by atoms with Crippen LogP contribution in [0.2, 0.25) is 0 Å². The fourth-order valence-corrected chi connectivity index (χ4v) is 3.30. The van der Waals surface area contributed by atoms with Crippen molar-refractivity contribution in [1.29, 1.82) is 0 Å². The van der Waals surface area contributed by atoms with E-state index in [9.17, 15) is 4.79 Å². The highest BCUT2D eigenvalue weighted by Gasteiger charge is 2.15. The van der Waals surface area contributed by atoms with Crippen LogP contribution in [0.4, 0.5) is 0 Å². The Bertz CT molecular complexity index is 931. The van der Waals surface area contributed by atoms with Gasteiger partial charge in [-0.1, -0.05) is 36.0 Å². The summed E-state index contributed by atoms with van der Waals surface area (Å²) in [6.07, 6.45) is 0. The number of rotatable bonds is 5. The van der Waals surface area contributed by atoms with Crippen molar-refractivity contribution in [3.8, 4) is 11.5 Å². The minimum Gasteiger partial charge on any atom is -0.411 e. The van der Waals surface area contributed by atoms with Crippen LogP contribution in [-0.4, -0.2) is 21.7 Å². The van der Waals surface area contributed by atoms with Gasteiger partial charge >= 0.3 is 0 Å². The molecule has 3 rings (SSSR count). The predicted molar refractivity (Wildman–Crippen MR) is 100 cm³/mol. The maximum Gasteiger partial charge on any atom is 0.277 e. The van der Waals surface area contributed by atoms with E-state index in [0.29, 0.717) is 11.1 Å². The van der Waals surface area contributed by atoms with E-state index >= 15 is 0 Å². The molecule has 1 aromatic heterocycles. The van der Waals surface area contributed by atoms with Crippen molar-refractivity contribution in [1.82, 2.24) is 10.2 Å². The molecule has 0 fully saturated rings. The lowest BCUT2D eigenvalue weighted by Crippen LogP contribution is -2.06. The molecule has 5 heteroatoms. The number of carbonyl (C=O) groups excluding carboxylic acids is 1. The molecule has 25 heavy (non-hydrogen) atoms. The van der Waals surface area contributed by atoms with Gasteiger partial charge in [0.15, 0.2) is 5.78 Å². The van der Waals surface area contributed by atoms with Crippen LogP contribution in [0.25, 0.3) is 11.5 Å². The standard InChI is InChI=1S/C20H20N2O2S/c1-12-7-5-6-8-16(12)19-21-22-20(24-19)25-11-18(23)17-10-14(3)13(2)9-15(17)4/h5-10H,11H2,1-4H3. The third kappa shape index (κ3) is 3.82. The molecule has 0 aliphatic heterocycles. The lowest BCUT2D eigenvalue weighted by atomic mass is 9.99. The Morgan fingerprint density at radius 3 is 2.44 bits per heavy atom. The smallest absolute Gasteiger partial charge is 0.277 e. The molecule has 0 saturated carbocycles. The van der Waals surface area contributed by atoms with E-state index in [4.69, 9.17) is 4.42 Å². The number of hydrogen-bond acceptors (Lipinski definition) is 5. The summed E-state index contributed by atoms with van der Waals surface area (Å²) < 4.78 is 5.70. The molecule has 0 amide bonds. The SMILES string of the molecule is Cc1cc(C)c(C(=O)CSc2nnc(-c3ccccc3C)o2)cc1C. The van der Waals surface area contributed by atoms with Crippen molar-refractivity contribution in [3.63, 3.8) is 0 Å². The summed E-state index contributed by atoms with van der Waals surface area (Å²) in [6.45, 7) is 8.04. The molecule has 128 valence electrons. The van der Waals surface area contributed by atoms with E-state index in [0.717, 1.165) is 27.8 Å². The number of hydrogen-bond donors (Lipinski definition) is 0. The number of benzene rings is 2. The molecular formula is C20H20N2O2S. The summed E-state index contributed by atoms with van der Waals surface area (Å²) in [5.74, 6) is 0.829. The third-order valence-electron chi connectivity index (χ3n) is 4.25. The molecule has 3 aromatic rings. The van der Waals surface area contributed by atoms with Crippen molar-refractivity contribution >= 4 is 17.5 Å². The second-order valence-corrected chi connectivity index (χ2v) is 7.08. The maximum absolute atomic E-state index is 12.5. The summed E-state index contributed by atoms with van der Waals surface area (Å²) in [5, 5.41) is 8.55. The first-order chi connectivity index (χ1) is 12.0. The normalized spacial score (nSPS) is 10.9. The quantitative estimate of drug-likeness (QED) is 0.480. The van der Waals surface area contributed by atoms with E-state index in [2.05, 4.69) is 23.2 Å². The molecule has 2 aromatic carbocycles. The molecule has 1 heterocycles. The molecule has 0 radical (unpaired) electrons. The molecule has 0 unspecified atom stereocenters. The fourth-order valence-electron chi connectivity index (χ4n) is 2.66. The summed E-state index contributed by atoms with van der Waals surface area (Å²) in [5.41, 5.74) is 6.07. The first-order valence-corrected chi connectivity index (χ1v) is 9.07. The van der Waals surface area contributed by atoms with Crippen LogP contribution < -0.4 is 0 Å². The third-order valence-corrected chi connectivity index (χ3v) is 5.07. The van der Waals surface area contributed by atoms with Gasteiger partial charge in [0, 0.05) is 11.1 Å². The Morgan fingerprint density at radius 1 is 0.960 bits per heavy atom. The number of carbonyl (C=O) groups is 1. The molecule has 0 aliphatic carbocycles. The first-order valence-electron chi connectivity index (χ1n) is 8.09. The van der Waals surface area contributed by atoms with Gasteiger partial charge in [-0.05, 0) is 62.1 Å². The molecule has 4 nitrogen and oxygen atoms in total. The molecule has 0 bridgehead atoms. The van der Waals surface area contributed by atoms with Crippen LogP contribution in [0.5, 0.6) is 0 Å². The van der Waals surface area contributed by atoms with Gasteiger partial charge in [-0.3, -0.25) is 4.79 Å². The number of Topliss-reactive ketones (excluding diaryl/α,β-unsaturated/α-hetero) is 1. The van der Waals surface area contributed by atoms with Crippen LogP contribution in [0.1, 0.15) is 32.6 Å². The van der Waals surface area contributed by atoms with Gasteiger partial charge in [-0.15, -0.1) is 10.2 Å². The zero-order chi connectivity index (χ0) is 18.0. The molecular weight excluding hydrogens is 332 g/mol. The summed E-state index contributed by atoms with van der Waals surface area (Å²) >= 11 is 1.27. The molecule has 0 spiro atoms. The predicted octanol–water partition coefficient (Wildman–Crippen LogP) is 4.95. The number of nitrogens with zero attached hydrogens (tertiary/aromatic N) is 2. The van der Waals surface area contributed by atoms with Crippen LogP contribution in [-0.2, 0) is 0 Å². The lowest BCUT2D eigenvalue weighted by Gasteiger charge is -2.08. The molecule has 0 aliphatic rings. The van der Waals surface area contributed by atoms with Crippen molar-refractivity contribution in [3.05, 3.63) is 64.2 Å². The fraction of sp³-hybridized carbons (Fsp3) is 0.250. The monoisotopic (exact) mass is 352 g/mol. The number of thioether (sulfide) groups is 1. The van der Waals surface area contributed by atoms with Crippen LogP contribution in [0.15, 0.2) is 46.0 Å². The van der Waals surface area contributed by atoms with Gasteiger partial charge < -0.3 is 4.42 Å². The minimum atomic E-state index is 0.0706. The molecule has 0 saturated heterocycles. The summed E-state index contributed by atoms with van der Waals surface area (Å²) in [7, 11) is 0. The lowest BCUT2D eigenvalue weighted by molar-refractivity contribution is 0.102. The van der Waals surface area contributed by atoms with Crippen molar-refractivity contribution < 1.29 is 9.21 Å². The summed E-state index contributed by atoms with van der Waals surface area (Å²) in [6, 6.07) is 11.9. The Hall–Kier alpha value is -2.40. The number of aryl methyl sites for hydroxylation is 4. The van der Waals surface area contributed by atoms with E-state index in [-0.39, 0.29) is 11.5 Å². The highest BCUT2D eigenvalue weighted by Crippen LogP contribution is 2.26. The Labute approximate surface area is 151 Å². The molecule has 0 N–H and O–H groups in total. The van der Waals surface area contributed by atoms with Gasteiger partial charge in [-0.25, -0.2) is 0 Å². The van der Waals surface area contributed by atoms with Gasteiger partial charge in [-0.2, -0.15) is 0 Å². The average Bonchev–Trinajstić information content (AvgIpc) is 3.05. The minimum absolute atomic E-state index is 0.0706. The number of ketones is 1. The van der Waals surface area contributed by atoms with E-state index < -0.39 is 0 Å². The van der Waals surface area contributed by atoms with Gasteiger partial charge in [0.1, 0.15) is 0 Å². The highest BCUT2D eigenvalue weighted by molar-refractivity contribution is 7.99. The largest absolute Gasteiger partial charge is 0.411 e. The zero-order valence-corrected chi connectivity index (χ0v) is 15.6. The second kappa shape index (κ2) is 7.23. The van der Waals surface area contributed by atoms with Crippen molar-refractivity contribution in [2.75, 3.05) is 5.75 Å². The van der Waals surface area contributed by atoms with Crippen LogP contribution >= 0.6 is 11.8 Å². The van der Waals surface area contributed by atoms with E-state index in [1.54, 1.807) is 0 Å². The first kappa shape index (κ1) is 17.4. The molecule has 0 atom stereocenters. The number of aromatic nitrogens is 2. The highest BCUT2D eigenvalue weighted by atomic mass is 32.2. The average molecular weight is 352 g/mol. The topological polar surface area (TPSA) is 56.0 Å². The van der Waals surface area contributed by atoms with Crippen LogP contribution in [0, 0.1) is 27.7 Å². The summed E-state index contributed by atoms with van der Waals surface area (Å²) in [4.78, 5) is 12.5. The van der Waals surface area contributed by atoms with Crippen molar-refractivity contribution in [2.24, 2.45) is 0 Å². The second-order valence-electron chi connectivity index (χ2n) is 6.15. The van der Waals surface area contributed by atoms with E-state index in [1.165, 1.54) is 17.3 Å². The van der Waals surface area contributed by atoms with Crippen LogP contribution in [0.3, 0.4) is 0 Å².